The zero-order valence-electron chi connectivity index (χ0n) is 17.4. The van der Waals surface area contributed by atoms with Crippen LogP contribution in [0.2, 0.25) is 0 Å². The number of benzene rings is 2. The minimum atomic E-state index is -0.560. The lowest BCUT2D eigenvalue weighted by atomic mass is 10.1. The summed E-state index contributed by atoms with van der Waals surface area (Å²) in [6, 6.07) is 11.1. The van der Waals surface area contributed by atoms with E-state index >= 15 is 0 Å². The molecule has 0 saturated carbocycles. The highest BCUT2D eigenvalue weighted by Crippen LogP contribution is 2.28. The van der Waals surface area contributed by atoms with Gasteiger partial charge in [-0.1, -0.05) is 0 Å². The van der Waals surface area contributed by atoms with Crippen molar-refractivity contribution in [2.75, 3.05) is 21.3 Å². The Morgan fingerprint density at radius 1 is 0.871 bits per heavy atom. The van der Waals surface area contributed by atoms with Gasteiger partial charge >= 0.3 is 11.6 Å². The number of methoxy groups -OCH3 is 3. The number of ketones is 1. The molecule has 0 fully saturated rings. The van der Waals surface area contributed by atoms with Gasteiger partial charge in [0.2, 0.25) is 0 Å². The van der Waals surface area contributed by atoms with E-state index in [0.717, 1.165) is 0 Å². The third-order valence-electron chi connectivity index (χ3n) is 4.69. The van der Waals surface area contributed by atoms with E-state index in [0.29, 0.717) is 39.3 Å². The van der Waals surface area contributed by atoms with Crippen molar-refractivity contribution in [3.63, 3.8) is 0 Å². The molecule has 0 aliphatic rings. The van der Waals surface area contributed by atoms with E-state index in [1.807, 2.05) is 0 Å². The Morgan fingerprint density at radius 3 is 2.35 bits per heavy atom. The molecule has 0 bridgehead atoms. The highest BCUT2D eigenvalue weighted by molar-refractivity contribution is 5.98. The van der Waals surface area contributed by atoms with Gasteiger partial charge in [-0.15, -0.1) is 0 Å². The van der Waals surface area contributed by atoms with Crippen LogP contribution in [0.4, 0.5) is 0 Å². The molecular formula is C23H22O8. The summed E-state index contributed by atoms with van der Waals surface area (Å²) in [5, 5.41) is 0.634. The molecule has 162 valence electrons. The topological polar surface area (TPSA) is 101 Å². The fourth-order valence-corrected chi connectivity index (χ4v) is 3.06. The van der Waals surface area contributed by atoms with E-state index in [1.54, 1.807) is 36.4 Å². The number of rotatable bonds is 9. The van der Waals surface area contributed by atoms with Crippen molar-refractivity contribution in [1.29, 1.82) is 0 Å². The SMILES string of the molecule is COc1ccc2c(COC(=O)CCC(=O)c3ccc(OC)c(OC)c3)cc(=O)oc2c1. The van der Waals surface area contributed by atoms with Crippen LogP contribution in [-0.4, -0.2) is 33.1 Å². The molecule has 0 aliphatic carbocycles. The van der Waals surface area contributed by atoms with E-state index in [1.165, 1.54) is 27.4 Å². The molecule has 8 nitrogen and oxygen atoms in total. The molecule has 0 unspecified atom stereocenters. The van der Waals surface area contributed by atoms with Crippen LogP contribution >= 0.6 is 0 Å². The van der Waals surface area contributed by atoms with Gasteiger partial charge in [-0.3, -0.25) is 9.59 Å². The second-order valence-corrected chi connectivity index (χ2v) is 6.61. The van der Waals surface area contributed by atoms with Crippen LogP contribution in [0.25, 0.3) is 11.0 Å². The van der Waals surface area contributed by atoms with Crippen LogP contribution < -0.4 is 19.8 Å². The van der Waals surface area contributed by atoms with Gasteiger partial charge in [0.1, 0.15) is 17.9 Å². The number of Topliss-reactive ketones (excluding diaryl/α,β-unsaturated/α-hetero) is 1. The number of carbonyl (C=O) groups is 2. The Labute approximate surface area is 178 Å². The zero-order valence-corrected chi connectivity index (χ0v) is 17.4. The molecule has 8 heteroatoms. The second-order valence-electron chi connectivity index (χ2n) is 6.61. The van der Waals surface area contributed by atoms with Gasteiger partial charge in [-0.05, 0) is 30.3 Å². The van der Waals surface area contributed by atoms with Crippen LogP contribution in [-0.2, 0) is 16.1 Å². The third kappa shape index (κ3) is 5.22. The van der Waals surface area contributed by atoms with Gasteiger partial charge in [0, 0.05) is 35.1 Å². The molecule has 1 heterocycles. The van der Waals surface area contributed by atoms with E-state index < -0.39 is 11.6 Å². The summed E-state index contributed by atoms with van der Waals surface area (Å²) in [5.74, 6) is 0.705. The first-order chi connectivity index (χ1) is 14.9. The maximum absolute atomic E-state index is 12.4. The van der Waals surface area contributed by atoms with Crippen molar-refractivity contribution >= 4 is 22.7 Å². The van der Waals surface area contributed by atoms with Gasteiger partial charge in [-0.25, -0.2) is 4.79 Å². The first kappa shape index (κ1) is 21.9. The Bertz CT molecular complexity index is 1160. The molecule has 3 aromatic rings. The molecule has 0 N–H and O–H groups in total. The number of ether oxygens (including phenoxy) is 4. The predicted octanol–water partition coefficient (Wildman–Crippen LogP) is 3.53. The van der Waals surface area contributed by atoms with E-state index in [2.05, 4.69) is 0 Å². The predicted molar refractivity (Wildman–Crippen MR) is 112 cm³/mol. The Morgan fingerprint density at radius 2 is 1.65 bits per heavy atom. The Balaban J connectivity index is 1.62. The van der Waals surface area contributed by atoms with Gasteiger partial charge in [0.05, 0.1) is 27.8 Å². The molecule has 0 radical (unpaired) electrons. The van der Waals surface area contributed by atoms with Crippen molar-refractivity contribution in [1.82, 2.24) is 0 Å². The maximum Gasteiger partial charge on any atom is 0.336 e. The smallest absolute Gasteiger partial charge is 0.336 e. The van der Waals surface area contributed by atoms with Crippen molar-refractivity contribution in [3.05, 3.63) is 64.0 Å². The number of hydrogen-bond donors (Lipinski definition) is 0. The molecule has 3 rings (SSSR count). The van der Waals surface area contributed by atoms with Gasteiger partial charge < -0.3 is 23.4 Å². The highest BCUT2D eigenvalue weighted by Gasteiger charge is 2.14. The zero-order chi connectivity index (χ0) is 22.4. The van der Waals surface area contributed by atoms with Crippen molar-refractivity contribution in [3.8, 4) is 17.2 Å². The molecule has 0 amide bonds. The Kier molecular flexibility index (Phi) is 6.92. The summed E-state index contributed by atoms with van der Waals surface area (Å²) in [6.07, 6.45) is -0.121. The first-order valence-electron chi connectivity index (χ1n) is 9.46. The molecule has 1 aromatic heterocycles. The lowest BCUT2D eigenvalue weighted by Crippen LogP contribution is -2.10. The minimum Gasteiger partial charge on any atom is -0.497 e. The largest absolute Gasteiger partial charge is 0.497 e. The molecule has 0 saturated heterocycles. The van der Waals surface area contributed by atoms with E-state index in [-0.39, 0.29) is 25.2 Å². The van der Waals surface area contributed by atoms with Gasteiger partial charge in [0.15, 0.2) is 17.3 Å². The monoisotopic (exact) mass is 426 g/mol. The summed E-state index contributed by atoms with van der Waals surface area (Å²) in [5.41, 5.74) is 0.691. The van der Waals surface area contributed by atoms with Gasteiger partial charge in [0.25, 0.3) is 0 Å². The van der Waals surface area contributed by atoms with Crippen LogP contribution in [0.3, 0.4) is 0 Å². The lowest BCUT2D eigenvalue weighted by Gasteiger charge is -2.09. The molecule has 2 aromatic carbocycles. The molecule has 0 atom stereocenters. The first-order valence-corrected chi connectivity index (χ1v) is 9.46. The lowest BCUT2D eigenvalue weighted by molar-refractivity contribution is -0.144. The van der Waals surface area contributed by atoms with Crippen LogP contribution in [0.1, 0.15) is 28.8 Å². The third-order valence-corrected chi connectivity index (χ3v) is 4.69. The second kappa shape index (κ2) is 9.80. The van der Waals surface area contributed by atoms with E-state index in [4.69, 9.17) is 23.4 Å². The minimum absolute atomic E-state index is 0.0246. The van der Waals surface area contributed by atoms with Crippen LogP contribution in [0.5, 0.6) is 17.2 Å². The number of fused-ring (bicyclic) bond motifs is 1. The number of carbonyl (C=O) groups excluding carboxylic acids is 2. The van der Waals surface area contributed by atoms with Crippen LogP contribution in [0.15, 0.2) is 51.7 Å². The fraction of sp³-hybridized carbons (Fsp3) is 0.261. The quantitative estimate of drug-likeness (QED) is 0.291. The molecule has 0 spiro atoms. The molecule has 0 aliphatic heterocycles. The maximum atomic E-state index is 12.4. The highest BCUT2D eigenvalue weighted by atomic mass is 16.5. The summed E-state index contributed by atoms with van der Waals surface area (Å²) >= 11 is 0. The number of hydrogen-bond acceptors (Lipinski definition) is 8. The van der Waals surface area contributed by atoms with Crippen molar-refractivity contribution in [2.45, 2.75) is 19.4 Å². The number of esters is 1. The van der Waals surface area contributed by atoms with Crippen LogP contribution in [0, 0.1) is 0 Å². The normalized spacial score (nSPS) is 10.5. The average Bonchev–Trinajstić information content (AvgIpc) is 2.79. The summed E-state index contributed by atoms with van der Waals surface area (Å²) in [6.45, 7) is -0.113. The molecule has 31 heavy (non-hydrogen) atoms. The fourth-order valence-electron chi connectivity index (χ4n) is 3.06. The van der Waals surface area contributed by atoms with Crippen molar-refractivity contribution in [2.24, 2.45) is 0 Å². The standard InChI is InChI=1S/C23H22O8/c1-27-16-5-6-17-15(11-23(26)31-20(17)12-16)13-30-22(25)9-7-18(24)14-4-8-19(28-2)21(10-14)29-3/h4-6,8,10-12H,7,9,13H2,1-3H3. The Hall–Kier alpha value is -3.81. The average molecular weight is 426 g/mol. The molecular weight excluding hydrogens is 404 g/mol. The summed E-state index contributed by atoms with van der Waals surface area (Å²) in [7, 11) is 4.49. The van der Waals surface area contributed by atoms with E-state index in [9.17, 15) is 14.4 Å². The summed E-state index contributed by atoms with van der Waals surface area (Å²) in [4.78, 5) is 36.4. The summed E-state index contributed by atoms with van der Waals surface area (Å²) < 4.78 is 25.9. The van der Waals surface area contributed by atoms with Gasteiger partial charge in [-0.2, -0.15) is 0 Å². The van der Waals surface area contributed by atoms with Crippen molar-refractivity contribution < 1.29 is 33.0 Å².